The van der Waals surface area contributed by atoms with Gasteiger partial charge in [0.15, 0.2) is 23.9 Å². The van der Waals surface area contributed by atoms with Crippen molar-refractivity contribution >= 4 is 28.8 Å². The molecule has 10 heteroatoms. The number of hydrogen-bond donors (Lipinski definition) is 2. The predicted molar refractivity (Wildman–Crippen MR) is 82.3 cm³/mol. The van der Waals surface area contributed by atoms with Crippen molar-refractivity contribution in [3.05, 3.63) is 40.6 Å². The van der Waals surface area contributed by atoms with Crippen LogP contribution in [-0.2, 0) is 9.63 Å². The first-order valence-electron chi connectivity index (χ1n) is 6.61. The van der Waals surface area contributed by atoms with Gasteiger partial charge in [-0.15, -0.1) is 8.78 Å². The van der Waals surface area contributed by atoms with Gasteiger partial charge in [0.25, 0.3) is 5.91 Å². The largest absolute Gasteiger partial charge is 0.586 e. The zero-order chi connectivity index (χ0) is 17.2. The fourth-order valence-electron chi connectivity index (χ4n) is 1.85. The number of thiophene rings is 1. The highest BCUT2D eigenvalue weighted by Crippen LogP contribution is 2.42. The number of fused-ring (bicyclic) bond motifs is 1. The van der Waals surface area contributed by atoms with Crippen molar-refractivity contribution in [1.29, 1.82) is 0 Å². The van der Waals surface area contributed by atoms with E-state index in [1.54, 1.807) is 11.4 Å². The maximum Gasteiger partial charge on any atom is 0.586 e. The molecule has 1 aromatic carbocycles. The molecule has 0 unspecified atom stereocenters. The fraction of sp³-hybridized carbons (Fsp3) is 0.143. The molecule has 0 radical (unpaired) electrons. The third-order valence-corrected chi connectivity index (χ3v) is 3.54. The van der Waals surface area contributed by atoms with E-state index < -0.39 is 18.8 Å². The molecule has 1 amide bonds. The van der Waals surface area contributed by atoms with Crippen LogP contribution in [0, 0.1) is 0 Å². The first-order chi connectivity index (χ1) is 11.4. The number of carbonyl (C=O) groups excluding carboxylic acids is 1. The average Bonchev–Trinajstić information content (AvgIpc) is 3.12. The predicted octanol–water partition coefficient (Wildman–Crippen LogP) is 2.35. The van der Waals surface area contributed by atoms with Crippen LogP contribution in [0.15, 0.2) is 40.2 Å². The maximum atomic E-state index is 12.9. The zero-order valence-corrected chi connectivity index (χ0v) is 12.8. The van der Waals surface area contributed by atoms with Gasteiger partial charge in [0.05, 0.1) is 0 Å². The van der Waals surface area contributed by atoms with Crippen LogP contribution < -0.4 is 20.5 Å². The molecule has 0 aliphatic carbocycles. The number of ether oxygens (including phenoxy) is 2. The van der Waals surface area contributed by atoms with E-state index >= 15 is 0 Å². The van der Waals surface area contributed by atoms with Crippen molar-refractivity contribution in [2.24, 2.45) is 10.9 Å². The Bertz CT molecular complexity index is 780. The number of amides is 1. The first-order valence-corrected chi connectivity index (χ1v) is 7.55. The smallest absolute Gasteiger partial charge is 0.395 e. The molecule has 2 heterocycles. The van der Waals surface area contributed by atoms with E-state index in [1.165, 1.54) is 29.5 Å². The molecular formula is C14H11F2N3O4S. The molecule has 0 fully saturated rings. The van der Waals surface area contributed by atoms with Gasteiger partial charge in [0, 0.05) is 22.7 Å². The van der Waals surface area contributed by atoms with E-state index in [1.807, 2.05) is 5.38 Å². The van der Waals surface area contributed by atoms with Crippen LogP contribution in [0.2, 0.25) is 0 Å². The Hall–Kier alpha value is -2.88. The lowest BCUT2D eigenvalue weighted by molar-refractivity contribution is -0.286. The summed E-state index contributed by atoms with van der Waals surface area (Å²) in [7, 11) is 0. The van der Waals surface area contributed by atoms with Crippen LogP contribution in [-0.4, -0.2) is 24.6 Å². The van der Waals surface area contributed by atoms with Gasteiger partial charge in [0.1, 0.15) is 0 Å². The van der Waals surface area contributed by atoms with Crippen molar-refractivity contribution in [2.45, 2.75) is 6.29 Å². The average molecular weight is 355 g/mol. The summed E-state index contributed by atoms with van der Waals surface area (Å²) in [5, 5.41) is 9.69. The molecule has 1 aromatic heterocycles. The molecule has 0 spiro atoms. The standard InChI is InChI=1S/C14H11F2N3O4S/c15-14(16)22-10-2-1-9(5-11(10)23-14)18-12(20)6-21-19-13(17)8-3-4-24-7-8/h1-5,7H,6H2,(H2,17,19)(H,18,20). The summed E-state index contributed by atoms with van der Waals surface area (Å²) in [6, 6.07) is 5.64. The Balaban J connectivity index is 1.54. The number of benzene rings is 1. The number of nitrogens with zero attached hydrogens (tertiary/aromatic N) is 1. The molecule has 0 saturated heterocycles. The van der Waals surface area contributed by atoms with Crippen LogP contribution in [0.4, 0.5) is 14.5 Å². The number of nitrogens with one attached hydrogen (secondary N) is 1. The summed E-state index contributed by atoms with van der Waals surface area (Å²) in [5.41, 5.74) is 6.60. The van der Waals surface area contributed by atoms with Gasteiger partial charge in [-0.1, -0.05) is 5.16 Å². The highest BCUT2D eigenvalue weighted by Gasteiger charge is 2.43. The summed E-state index contributed by atoms with van der Waals surface area (Å²) in [4.78, 5) is 16.6. The number of oxime groups is 1. The number of amidine groups is 1. The van der Waals surface area contributed by atoms with Crippen molar-refractivity contribution in [3.63, 3.8) is 0 Å². The van der Waals surface area contributed by atoms with E-state index in [9.17, 15) is 13.6 Å². The Morgan fingerprint density at radius 3 is 2.88 bits per heavy atom. The van der Waals surface area contributed by atoms with Gasteiger partial charge in [-0.05, 0) is 23.6 Å². The monoisotopic (exact) mass is 355 g/mol. The highest BCUT2D eigenvalue weighted by molar-refractivity contribution is 7.08. The molecule has 0 saturated carbocycles. The summed E-state index contributed by atoms with van der Waals surface area (Å²) in [5.74, 6) is -0.669. The minimum atomic E-state index is -3.71. The first kappa shape index (κ1) is 16.0. The van der Waals surface area contributed by atoms with Gasteiger partial charge in [-0.3, -0.25) is 4.79 Å². The number of halogens is 2. The molecule has 0 atom stereocenters. The second-order valence-corrected chi connectivity index (χ2v) is 5.42. The topological polar surface area (TPSA) is 95.2 Å². The van der Waals surface area contributed by atoms with E-state index in [-0.39, 0.29) is 23.0 Å². The zero-order valence-electron chi connectivity index (χ0n) is 12.0. The van der Waals surface area contributed by atoms with Gasteiger partial charge >= 0.3 is 6.29 Å². The molecule has 126 valence electrons. The van der Waals surface area contributed by atoms with Crippen molar-refractivity contribution in [2.75, 3.05) is 11.9 Å². The number of alkyl halides is 2. The number of nitrogens with two attached hydrogens (primary N) is 1. The van der Waals surface area contributed by atoms with Crippen molar-refractivity contribution < 1.29 is 27.9 Å². The molecule has 0 bridgehead atoms. The van der Waals surface area contributed by atoms with E-state index in [0.29, 0.717) is 5.56 Å². The van der Waals surface area contributed by atoms with E-state index in [2.05, 4.69) is 19.9 Å². The summed E-state index contributed by atoms with van der Waals surface area (Å²) < 4.78 is 34.4. The lowest BCUT2D eigenvalue weighted by Gasteiger charge is -2.05. The summed E-state index contributed by atoms with van der Waals surface area (Å²) >= 11 is 1.45. The SMILES string of the molecule is NC(=NOCC(=O)Nc1ccc2c(c1)OC(F)(F)O2)c1ccsc1. The van der Waals surface area contributed by atoms with Gasteiger partial charge < -0.3 is 25.4 Å². The Labute approximate surface area is 138 Å². The molecule has 2 aromatic rings. The molecule has 1 aliphatic heterocycles. The van der Waals surface area contributed by atoms with Crippen LogP contribution in [0.25, 0.3) is 0 Å². The fourth-order valence-corrected chi connectivity index (χ4v) is 2.50. The summed E-state index contributed by atoms with van der Waals surface area (Å²) in [6.07, 6.45) is -3.71. The Kier molecular flexibility index (Phi) is 4.21. The van der Waals surface area contributed by atoms with Crippen LogP contribution in [0.1, 0.15) is 5.56 Å². The van der Waals surface area contributed by atoms with Gasteiger partial charge in [-0.2, -0.15) is 11.3 Å². The van der Waals surface area contributed by atoms with Crippen molar-refractivity contribution in [3.8, 4) is 11.5 Å². The van der Waals surface area contributed by atoms with Crippen LogP contribution >= 0.6 is 11.3 Å². The number of carbonyl (C=O) groups is 1. The highest BCUT2D eigenvalue weighted by atomic mass is 32.1. The number of anilines is 1. The molecule has 1 aliphatic rings. The van der Waals surface area contributed by atoms with E-state index in [0.717, 1.165) is 0 Å². The van der Waals surface area contributed by atoms with Gasteiger partial charge in [-0.25, -0.2) is 0 Å². The third kappa shape index (κ3) is 3.71. The van der Waals surface area contributed by atoms with Crippen LogP contribution in [0.5, 0.6) is 11.5 Å². The van der Waals surface area contributed by atoms with Crippen molar-refractivity contribution in [1.82, 2.24) is 0 Å². The lowest BCUT2D eigenvalue weighted by Crippen LogP contribution is -2.25. The minimum absolute atomic E-state index is 0.109. The third-order valence-electron chi connectivity index (χ3n) is 2.86. The number of rotatable bonds is 5. The minimum Gasteiger partial charge on any atom is -0.395 e. The second kappa shape index (κ2) is 6.32. The molecule has 3 rings (SSSR count). The summed E-state index contributed by atoms with van der Waals surface area (Å²) in [6.45, 7) is -0.393. The second-order valence-electron chi connectivity index (χ2n) is 4.64. The number of hydrogen-bond acceptors (Lipinski definition) is 6. The molecule has 24 heavy (non-hydrogen) atoms. The van der Waals surface area contributed by atoms with Crippen LogP contribution in [0.3, 0.4) is 0 Å². The Morgan fingerprint density at radius 1 is 1.33 bits per heavy atom. The van der Waals surface area contributed by atoms with E-state index in [4.69, 9.17) is 10.6 Å². The molecular weight excluding hydrogens is 344 g/mol. The quantitative estimate of drug-likeness (QED) is 0.488. The Morgan fingerprint density at radius 2 is 2.12 bits per heavy atom. The lowest BCUT2D eigenvalue weighted by atomic mass is 10.3. The molecule has 3 N–H and O–H groups in total. The normalized spacial score (nSPS) is 15.2. The van der Waals surface area contributed by atoms with Gasteiger partial charge in [0.2, 0.25) is 0 Å². The maximum absolute atomic E-state index is 12.9. The molecule has 7 nitrogen and oxygen atoms in total.